The van der Waals surface area contributed by atoms with Crippen molar-refractivity contribution in [1.82, 2.24) is 5.32 Å². The van der Waals surface area contributed by atoms with E-state index in [1.165, 1.54) is 12.1 Å². The van der Waals surface area contributed by atoms with Crippen molar-refractivity contribution in [2.45, 2.75) is 32.8 Å². The monoisotopic (exact) mass is 286 g/mol. The van der Waals surface area contributed by atoms with E-state index in [1.807, 2.05) is 13.8 Å². The van der Waals surface area contributed by atoms with Gasteiger partial charge in [0.05, 0.1) is 15.4 Å². The number of nitrogens with zero attached hydrogens (tertiary/aromatic N) is 1. The van der Waals surface area contributed by atoms with Crippen molar-refractivity contribution >= 4 is 22.2 Å². The first-order chi connectivity index (χ1) is 8.71. The van der Waals surface area contributed by atoms with Gasteiger partial charge in [-0.25, -0.2) is 0 Å². The Morgan fingerprint density at radius 1 is 1.58 bits per heavy atom. The van der Waals surface area contributed by atoms with E-state index in [-0.39, 0.29) is 16.4 Å². The Kier molecular flexibility index (Phi) is 5.02. The number of carbonyl (C=O) groups is 1. The summed E-state index contributed by atoms with van der Waals surface area (Å²) in [6.45, 7) is 5.75. The predicted octanol–water partition coefficient (Wildman–Crippen LogP) is 2.18. The maximum atomic E-state index is 11.8. The zero-order chi connectivity index (χ0) is 14.6. The summed E-state index contributed by atoms with van der Waals surface area (Å²) < 4.78 is 0. The van der Waals surface area contributed by atoms with E-state index in [9.17, 15) is 20.0 Å². The normalized spacial score (nSPS) is 14.2. The number of nitro groups is 1. The van der Waals surface area contributed by atoms with Crippen LogP contribution in [0.25, 0.3) is 0 Å². The Morgan fingerprint density at radius 2 is 2.21 bits per heavy atom. The number of carbonyl (C=O) groups excluding carboxylic acids is 1. The molecule has 1 unspecified atom stereocenters. The van der Waals surface area contributed by atoms with Crippen molar-refractivity contribution in [3.8, 4) is 0 Å². The summed E-state index contributed by atoms with van der Waals surface area (Å²) in [5.74, 6) is -0.0862. The van der Waals surface area contributed by atoms with Crippen molar-refractivity contribution in [1.29, 1.82) is 0 Å². The van der Waals surface area contributed by atoms with Crippen LogP contribution in [0, 0.1) is 16.0 Å². The third-order valence-corrected chi connectivity index (χ3v) is 3.51. The summed E-state index contributed by atoms with van der Waals surface area (Å²) >= 11 is 0.821. The minimum absolute atomic E-state index is 0.0703. The first-order valence-electron chi connectivity index (χ1n) is 5.96. The van der Waals surface area contributed by atoms with E-state index in [0.717, 1.165) is 11.3 Å². The van der Waals surface area contributed by atoms with Gasteiger partial charge in [-0.05, 0) is 25.3 Å². The molecule has 0 fully saturated rings. The summed E-state index contributed by atoms with van der Waals surface area (Å²) in [5.41, 5.74) is -0.979. The molecule has 0 spiro atoms. The Bertz CT molecular complexity index is 468. The Hall–Kier alpha value is -1.47. The second-order valence-electron chi connectivity index (χ2n) is 5.17. The summed E-state index contributed by atoms with van der Waals surface area (Å²) in [6.07, 6.45) is 0.567. The first kappa shape index (κ1) is 15.6. The van der Waals surface area contributed by atoms with Gasteiger partial charge in [-0.3, -0.25) is 14.9 Å². The van der Waals surface area contributed by atoms with E-state index >= 15 is 0 Å². The number of rotatable bonds is 6. The fraction of sp³-hybridized carbons (Fsp3) is 0.583. The molecule has 0 aliphatic rings. The SMILES string of the molecule is CC(C)CC(C)(O)CNC(=O)c1ccc([N+](=O)[O-])s1. The van der Waals surface area contributed by atoms with Crippen LogP contribution in [0.15, 0.2) is 12.1 Å². The lowest BCUT2D eigenvalue weighted by Gasteiger charge is -2.25. The van der Waals surface area contributed by atoms with Crippen LogP contribution < -0.4 is 5.32 Å². The molecular weight excluding hydrogens is 268 g/mol. The highest BCUT2D eigenvalue weighted by molar-refractivity contribution is 7.17. The molecule has 1 aromatic heterocycles. The van der Waals surface area contributed by atoms with Crippen molar-refractivity contribution in [2.75, 3.05) is 6.54 Å². The molecule has 0 saturated heterocycles. The number of thiophene rings is 1. The average Bonchev–Trinajstić information content (AvgIpc) is 2.73. The van der Waals surface area contributed by atoms with Crippen LogP contribution >= 0.6 is 11.3 Å². The van der Waals surface area contributed by atoms with Gasteiger partial charge in [-0.2, -0.15) is 0 Å². The molecule has 106 valence electrons. The quantitative estimate of drug-likeness (QED) is 0.619. The molecule has 1 amide bonds. The lowest BCUT2D eigenvalue weighted by Crippen LogP contribution is -2.41. The molecule has 1 rings (SSSR count). The molecule has 19 heavy (non-hydrogen) atoms. The van der Waals surface area contributed by atoms with E-state index in [0.29, 0.717) is 12.3 Å². The van der Waals surface area contributed by atoms with Crippen LogP contribution in [0.2, 0.25) is 0 Å². The number of amides is 1. The fourth-order valence-electron chi connectivity index (χ4n) is 1.86. The lowest BCUT2D eigenvalue weighted by molar-refractivity contribution is -0.380. The highest BCUT2D eigenvalue weighted by atomic mass is 32.1. The van der Waals surface area contributed by atoms with Crippen molar-refractivity contribution in [3.05, 3.63) is 27.1 Å². The summed E-state index contributed by atoms with van der Waals surface area (Å²) in [4.78, 5) is 22.0. The predicted molar refractivity (Wildman–Crippen MR) is 73.4 cm³/mol. The summed E-state index contributed by atoms with van der Waals surface area (Å²) in [6, 6.07) is 2.71. The third kappa shape index (κ3) is 4.96. The Morgan fingerprint density at radius 3 is 2.68 bits per heavy atom. The van der Waals surface area contributed by atoms with Crippen LogP contribution in [0.4, 0.5) is 5.00 Å². The Labute approximate surface area is 115 Å². The number of aliphatic hydroxyl groups is 1. The average molecular weight is 286 g/mol. The lowest BCUT2D eigenvalue weighted by atomic mass is 9.94. The molecule has 2 N–H and O–H groups in total. The van der Waals surface area contributed by atoms with Crippen LogP contribution in [-0.4, -0.2) is 28.1 Å². The van der Waals surface area contributed by atoms with Gasteiger partial charge in [0.15, 0.2) is 0 Å². The van der Waals surface area contributed by atoms with E-state index in [2.05, 4.69) is 5.32 Å². The second-order valence-corrected chi connectivity index (χ2v) is 6.23. The van der Waals surface area contributed by atoms with Crippen LogP contribution in [0.1, 0.15) is 36.9 Å². The maximum absolute atomic E-state index is 11.8. The first-order valence-corrected chi connectivity index (χ1v) is 6.78. The molecule has 1 aromatic rings. The molecule has 0 bridgehead atoms. The summed E-state index contributed by atoms with van der Waals surface area (Å²) in [7, 11) is 0. The molecule has 0 aromatic carbocycles. The largest absolute Gasteiger partial charge is 0.388 e. The molecule has 0 aliphatic carbocycles. The molecule has 0 radical (unpaired) electrons. The van der Waals surface area contributed by atoms with Crippen LogP contribution in [-0.2, 0) is 0 Å². The molecule has 7 heteroatoms. The molecule has 0 aliphatic heterocycles. The maximum Gasteiger partial charge on any atom is 0.324 e. The van der Waals surface area contributed by atoms with Gasteiger partial charge in [-0.1, -0.05) is 25.2 Å². The van der Waals surface area contributed by atoms with E-state index < -0.39 is 16.4 Å². The molecular formula is C12H18N2O4S. The number of nitrogens with one attached hydrogen (secondary N) is 1. The van der Waals surface area contributed by atoms with Gasteiger partial charge in [0, 0.05) is 12.6 Å². The minimum Gasteiger partial charge on any atom is -0.388 e. The smallest absolute Gasteiger partial charge is 0.324 e. The highest BCUT2D eigenvalue weighted by Crippen LogP contribution is 2.24. The third-order valence-electron chi connectivity index (χ3n) is 2.47. The Balaban J connectivity index is 2.57. The van der Waals surface area contributed by atoms with E-state index in [1.54, 1.807) is 6.92 Å². The van der Waals surface area contributed by atoms with Crippen LogP contribution in [0.5, 0.6) is 0 Å². The zero-order valence-corrected chi connectivity index (χ0v) is 12.0. The number of hydrogen-bond donors (Lipinski definition) is 2. The molecule has 0 saturated carbocycles. The van der Waals surface area contributed by atoms with Crippen LogP contribution in [0.3, 0.4) is 0 Å². The van der Waals surface area contributed by atoms with Gasteiger partial charge in [0.2, 0.25) is 0 Å². The van der Waals surface area contributed by atoms with Crippen molar-refractivity contribution < 1.29 is 14.8 Å². The van der Waals surface area contributed by atoms with Gasteiger partial charge in [0.25, 0.3) is 5.91 Å². The topological polar surface area (TPSA) is 92.5 Å². The van der Waals surface area contributed by atoms with Crippen molar-refractivity contribution in [3.63, 3.8) is 0 Å². The van der Waals surface area contributed by atoms with Gasteiger partial charge < -0.3 is 10.4 Å². The van der Waals surface area contributed by atoms with Gasteiger partial charge in [-0.15, -0.1) is 0 Å². The van der Waals surface area contributed by atoms with Gasteiger partial charge in [0.1, 0.15) is 0 Å². The molecule has 6 nitrogen and oxygen atoms in total. The van der Waals surface area contributed by atoms with E-state index in [4.69, 9.17) is 0 Å². The zero-order valence-electron chi connectivity index (χ0n) is 11.2. The standard InChI is InChI=1S/C12H18N2O4S/c1-8(2)6-12(3,16)7-13-11(15)9-4-5-10(19-9)14(17)18/h4-5,8,16H,6-7H2,1-3H3,(H,13,15). The van der Waals surface area contributed by atoms with Gasteiger partial charge >= 0.3 is 5.00 Å². The fourth-order valence-corrected chi connectivity index (χ4v) is 2.59. The van der Waals surface area contributed by atoms with Crippen molar-refractivity contribution in [2.24, 2.45) is 5.92 Å². The number of hydrogen-bond acceptors (Lipinski definition) is 5. The summed E-state index contributed by atoms with van der Waals surface area (Å²) in [5, 5.41) is 23.1. The second kappa shape index (κ2) is 6.12. The molecule has 1 heterocycles. The molecule has 1 atom stereocenters. The minimum atomic E-state index is -0.979. The highest BCUT2D eigenvalue weighted by Gasteiger charge is 2.23.